The fourth-order valence-corrected chi connectivity index (χ4v) is 2.41. The van der Waals surface area contributed by atoms with Crippen LogP contribution in [0.3, 0.4) is 0 Å². The molecule has 1 atom stereocenters. The summed E-state index contributed by atoms with van der Waals surface area (Å²) in [6.07, 6.45) is 4.17. The third kappa shape index (κ3) is 3.57. The topological polar surface area (TPSA) is 78.4 Å². The summed E-state index contributed by atoms with van der Waals surface area (Å²) < 4.78 is 0. The van der Waals surface area contributed by atoms with Crippen LogP contribution in [0.2, 0.25) is 0 Å². The van der Waals surface area contributed by atoms with Gasteiger partial charge < -0.3 is 15.7 Å². The second kappa shape index (κ2) is 6.52. The molecule has 0 radical (unpaired) electrons. The molecule has 2 rings (SSSR count). The van der Waals surface area contributed by atoms with Gasteiger partial charge in [0.25, 0.3) is 0 Å². The number of benzene rings is 1. The Morgan fingerprint density at radius 1 is 1.30 bits per heavy atom. The first-order valence-electron chi connectivity index (χ1n) is 6.96. The number of rotatable bonds is 3. The standard InChI is InChI=1S/C15H20N2O3/c1-10-9-11(15(19)20)6-7-12(10)17-14(18)13-5-3-2-4-8-16-13/h6-7,9,13,16H,2-5,8H2,1H3,(H,17,18)(H,19,20). The zero-order valence-corrected chi connectivity index (χ0v) is 11.6. The second-order valence-corrected chi connectivity index (χ2v) is 5.18. The number of aryl methyl sites for hydroxylation is 1. The zero-order valence-electron chi connectivity index (χ0n) is 11.6. The number of carbonyl (C=O) groups excluding carboxylic acids is 1. The minimum Gasteiger partial charge on any atom is -0.478 e. The maximum atomic E-state index is 12.2. The average Bonchev–Trinajstić information content (AvgIpc) is 2.69. The van der Waals surface area contributed by atoms with Crippen molar-refractivity contribution in [2.45, 2.75) is 38.6 Å². The van der Waals surface area contributed by atoms with E-state index in [0.29, 0.717) is 5.69 Å². The Bertz CT molecular complexity index is 506. The highest BCUT2D eigenvalue weighted by atomic mass is 16.4. The van der Waals surface area contributed by atoms with Crippen molar-refractivity contribution in [3.05, 3.63) is 29.3 Å². The lowest BCUT2D eigenvalue weighted by Crippen LogP contribution is -2.39. The van der Waals surface area contributed by atoms with Crippen LogP contribution < -0.4 is 10.6 Å². The Balaban J connectivity index is 2.05. The molecule has 1 aliphatic heterocycles. The van der Waals surface area contributed by atoms with Gasteiger partial charge in [0, 0.05) is 5.69 Å². The molecule has 0 aliphatic carbocycles. The molecule has 0 spiro atoms. The first-order chi connectivity index (χ1) is 9.58. The minimum absolute atomic E-state index is 0.0434. The molecule has 5 nitrogen and oxygen atoms in total. The highest BCUT2D eigenvalue weighted by Gasteiger charge is 2.20. The van der Waals surface area contributed by atoms with E-state index in [2.05, 4.69) is 10.6 Å². The average molecular weight is 276 g/mol. The molecule has 1 fully saturated rings. The van der Waals surface area contributed by atoms with Crippen molar-refractivity contribution in [3.8, 4) is 0 Å². The van der Waals surface area contributed by atoms with E-state index in [1.807, 2.05) is 0 Å². The van der Waals surface area contributed by atoms with Crippen molar-refractivity contribution in [1.29, 1.82) is 0 Å². The number of carboxylic acid groups (broad SMARTS) is 1. The van der Waals surface area contributed by atoms with Crippen molar-refractivity contribution < 1.29 is 14.7 Å². The lowest BCUT2D eigenvalue weighted by atomic mass is 10.1. The molecule has 20 heavy (non-hydrogen) atoms. The summed E-state index contributed by atoms with van der Waals surface area (Å²) in [7, 11) is 0. The first-order valence-corrected chi connectivity index (χ1v) is 6.96. The Labute approximate surface area is 118 Å². The van der Waals surface area contributed by atoms with Gasteiger partial charge in [-0.15, -0.1) is 0 Å². The summed E-state index contributed by atoms with van der Waals surface area (Å²) in [5.74, 6) is -1.01. The SMILES string of the molecule is Cc1cc(C(=O)O)ccc1NC(=O)C1CCCCCN1. The fourth-order valence-electron chi connectivity index (χ4n) is 2.41. The van der Waals surface area contributed by atoms with E-state index in [-0.39, 0.29) is 17.5 Å². The Morgan fingerprint density at radius 3 is 2.80 bits per heavy atom. The van der Waals surface area contributed by atoms with E-state index in [1.165, 1.54) is 6.07 Å². The molecular weight excluding hydrogens is 256 g/mol. The van der Waals surface area contributed by atoms with Crippen molar-refractivity contribution >= 4 is 17.6 Å². The van der Waals surface area contributed by atoms with Gasteiger partial charge in [0.05, 0.1) is 11.6 Å². The number of hydrogen-bond acceptors (Lipinski definition) is 3. The maximum absolute atomic E-state index is 12.2. The molecule has 1 unspecified atom stereocenters. The summed E-state index contributed by atoms with van der Waals surface area (Å²) in [6.45, 7) is 2.66. The Hall–Kier alpha value is -1.88. The van der Waals surface area contributed by atoms with Crippen LogP contribution in [0.4, 0.5) is 5.69 Å². The molecule has 1 saturated heterocycles. The number of nitrogens with one attached hydrogen (secondary N) is 2. The number of hydrogen-bond donors (Lipinski definition) is 3. The van der Waals surface area contributed by atoms with Crippen LogP contribution in [0.15, 0.2) is 18.2 Å². The Kier molecular flexibility index (Phi) is 4.74. The predicted molar refractivity (Wildman–Crippen MR) is 77.0 cm³/mol. The van der Waals surface area contributed by atoms with Gasteiger partial charge in [-0.25, -0.2) is 4.79 Å². The molecule has 0 saturated carbocycles. The number of aromatic carboxylic acids is 1. The predicted octanol–water partition coefficient (Wildman–Crippen LogP) is 2.16. The van der Waals surface area contributed by atoms with Crippen LogP contribution in [0, 0.1) is 6.92 Å². The van der Waals surface area contributed by atoms with Gasteiger partial charge in [0.15, 0.2) is 0 Å². The van der Waals surface area contributed by atoms with Crippen molar-refractivity contribution in [3.63, 3.8) is 0 Å². The van der Waals surface area contributed by atoms with Gasteiger partial charge in [0.1, 0.15) is 0 Å². The van der Waals surface area contributed by atoms with Crippen molar-refractivity contribution in [1.82, 2.24) is 5.32 Å². The molecule has 1 heterocycles. The summed E-state index contributed by atoms with van der Waals surface area (Å²) >= 11 is 0. The summed E-state index contributed by atoms with van der Waals surface area (Å²) in [6, 6.07) is 4.56. The summed E-state index contributed by atoms with van der Waals surface area (Å²) in [4.78, 5) is 23.1. The van der Waals surface area contributed by atoms with E-state index in [9.17, 15) is 9.59 Å². The highest BCUT2D eigenvalue weighted by molar-refractivity contribution is 5.96. The van der Waals surface area contributed by atoms with E-state index in [0.717, 1.165) is 37.8 Å². The van der Waals surface area contributed by atoms with Crippen LogP contribution in [0.25, 0.3) is 0 Å². The van der Waals surface area contributed by atoms with E-state index >= 15 is 0 Å². The van der Waals surface area contributed by atoms with Crippen molar-refractivity contribution in [2.24, 2.45) is 0 Å². The first kappa shape index (κ1) is 14.5. The van der Waals surface area contributed by atoms with Crippen molar-refractivity contribution in [2.75, 3.05) is 11.9 Å². The third-order valence-electron chi connectivity index (χ3n) is 3.61. The van der Waals surface area contributed by atoms with E-state index in [1.54, 1.807) is 19.1 Å². The number of carboxylic acids is 1. The maximum Gasteiger partial charge on any atom is 0.335 e. The third-order valence-corrected chi connectivity index (χ3v) is 3.61. The smallest absolute Gasteiger partial charge is 0.335 e. The van der Waals surface area contributed by atoms with Crippen LogP contribution in [0.5, 0.6) is 0 Å². The van der Waals surface area contributed by atoms with Gasteiger partial charge in [-0.3, -0.25) is 4.79 Å². The molecule has 1 aliphatic rings. The molecule has 108 valence electrons. The molecule has 1 aromatic carbocycles. The highest BCUT2D eigenvalue weighted by Crippen LogP contribution is 2.18. The van der Waals surface area contributed by atoms with Gasteiger partial charge in [0.2, 0.25) is 5.91 Å². The molecule has 1 aromatic rings. The quantitative estimate of drug-likeness (QED) is 0.790. The van der Waals surface area contributed by atoms with E-state index in [4.69, 9.17) is 5.11 Å². The molecule has 3 N–H and O–H groups in total. The number of anilines is 1. The van der Waals surface area contributed by atoms with Gasteiger partial charge in [-0.2, -0.15) is 0 Å². The minimum atomic E-state index is -0.962. The lowest BCUT2D eigenvalue weighted by Gasteiger charge is -2.16. The normalized spacial score (nSPS) is 19.1. The summed E-state index contributed by atoms with van der Waals surface area (Å²) in [5.41, 5.74) is 1.66. The molecule has 5 heteroatoms. The largest absolute Gasteiger partial charge is 0.478 e. The zero-order chi connectivity index (χ0) is 14.5. The number of amides is 1. The Morgan fingerprint density at radius 2 is 2.10 bits per heavy atom. The monoisotopic (exact) mass is 276 g/mol. The van der Waals surface area contributed by atoms with Crippen LogP contribution >= 0.6 is 0 Å². The van der Waals surface area contributed by atoms with Crippen LogP contribution in [-0.4, -0.2) is 29.6 Å². The summed E-state index contributed by atoms with van der Waals surface area (Å²) in [5, 5.41) is 15.0. The van der Waals surface area contributed by atoms with Crippen LogP contribution in [0.1, 0.15) is 41.6 Å². The lowest BCUT2D eigenvalue weighted by molar-refractivity contribution is -0.118. The van der Waals surface area contributed by atoms with Gasteiger partial charge >= 0.3 is 5.97 Å². The van der Waals surface area contributed by atoms with Gasteiger partial charge in [-0.05, 0) is 50.1 Å². The molecule has 0 aromatic heterocycles. The fraction of sp³-hybridized carbons (Fsp3) is 0.467. The van der Waals surface area contributed by atoms with E-state index < -0.39 is 5.97 Å². The molecular formula is C15H20N2O3. The van der Waals surface area contributed by atoms with Crippen LogP contribution in [-0.2, 0) is 4.79 Å². The van der Waals surface area contributed by atoms with Gasteiger partial charge in [-0.1, -0.05) is 12.8 Å². The number of carbonyl (C=O) groups is 2. The molecule has 0 bridgehead atoms. The second-order valence-electron chi connectivity index (χ2n) is 5.18. The molecule has 1 amide bonds.